The van der Waals surface area contributed by atoms with Crippen LogP contribution in [0.15, 0.2) is 18.2 Å². The van der Waals surface area contributed by atoms with Gasteiger partial charge in [-0.15, -0.1) is 11.3 Å². The monoisotopic (exact) mass is 388 g/mol. The highest BCUT2D eigenvalue weighted by molar-refractivity contribution is 7.16. The van der Waals surface area contributed by atoms with Crippen molar-refractivity contribution in [1.29, 1.82) is 0 Å². The summed E-state index contributed by atoms with van der Waals surface area (Å²) in [6.45, 7) is 6.10. The van der Waals surface area contributed by atoms with Gasteiger partial charge >= 0.3 is 6.03 Å². The van der Waals surface area contributed by atoms with Crippen LogP contribution in [0.25, 0.3) is 0 Å². The molecule has 0 saturated heterocycles. The van der Waals surface area contributed by atoms with Gasteiger partial charge in [-0.2, -0.15) is 4.37 Å². The number of thiophene rings is 1. The minimum Gasteiger partial charge on any atom is -0.471 e. The Labute approximate surface area is 154 Å². The maximum Gasteiger partial charge on any atom is 0.319 e. The summed E-state index contributed by atoms with van der Waals surface area (Å²) in [5.41, 5.74) is 0. The summed E-state index contributed by atoms with van der Waals surface area (Å²) >= 11 is 8.53. The van der Waals surface area contributed by atoms with Gasteiger partial charge in [0.15, 0.2) is 0 Å². The molecule has 2 heterocycles. The van der Waals surface area contributed by atoms with Gasteiger partial charge in [-0.05, 0) is 36.6 Å². The fourth-order valence-corrected chi connectivity index (χ4v) is 3.38. The molecule has 0 aromatic carbocycles. The number of nitrogens with zero attached hydrogens (tertiary/aromatic N) is 1. The molecule has 0 spiro atoms. The maximum absolute atomic E-state index is 11.8. The van der Waals surface area contributed by atoms with Crippen molar-refractivity contribution in [3.63, 3.8) is 0 Å². The van der Waals surface area contributed by atoms with Crippen molar-refractivity contribution in [2.45, 2.75) is 32.9 Å². The number of hydrogen-bond donors (Lipinski definition) is 3. The summed E-state index contributed by atoms with van der Waals surface area (Å²) in [4.78, 5) is 12.8. The van der Waals surface area contributed by atoms with Crippen LogP contribution in [0.4, 0.5) is 9.80 Å². The second-order valence-electron chi connectivity index (χ2n) is 5.37. The van der Waals surface area contributed by atoms with E-state index in [1.165, 1.54) is 22.9 Å². The molecule has 0 atom stereocenters. The number of carbonyl (C=O) groups excluding carboxylic acids is 1. The Balaban J connectivity index is 1.66. The first kappa shape index (κ1) is 19.0. The van der Waals surface area contributed by atoms with Crippen LogP contribution < -0.4 is 20.7 Å². The van der Waals surface area contributed by atoms with E-state index in [0.29, 0.717) is 30.1 Å². The smallest absolute Gasteiger partial charge is 0.319 e. The molecule has 0 saturated carbocycles. The number of rotatable bonds is 9. The largest absolute Gasteiger partial charge is 0.471 e. The molecule has 9 heteroatoms. The molecule has 2 amide bonds. The quantitative estimate of drug-likeness (QED) is 0.568. The van der Waals surface area contributed by atoms with E-state index in [1.807, 2.05) is 12.1 Å². The van der Waals surface area contributed by atoms with Crippen LogP contribution in [0.5, 0.6) is 5.88 Å². The first-order chi connectivity index (χ1) is 11.5. The number of nitrogens with one attached hydrogen (secondary N) is 3. The second kappa shape index (κ2) is 9.83. The zero-order valence-electron chi connectivity index (χ0n) is 13.6. The molecule has 0 radical (unpaired) electrons. The van der Waals surface area contributed by atoms with Gasteiger partial charge in [-0.1, -0.05) is 25.4 Å². The summed E-state index contributed by atoms with van der Waals surface area (Å²) < 4.78 is 10.5. The van der Waals surface area contributed by atoms with E-state index in [2.05, 4.69) is 34.2 Å². The highest BCUT2D eigenvalue weighted by Gasteiger charge is 2.07. The Morgan fingerprint density at radius 3 is 2.92 bits per heavy atom. The van der Waals surface area contributed by atoms with Crippen molar-refractivity contribution in [2.75, 3.05) is 18.4 Å². The number of anilines is 1. The number of halogens is 1. The van der Waals surface area contributed by atoms with Gasteiger partial charge in [0.2, 0.25) is 5.88 Å². The van der Waals surface area contributed by atoms with Gasteiger partial charge in [-0.3, -0.25) is 5.32 Å². The summed E-state index contributed by atoms with van der Waals surface area (Å²) in [7, 11) is 0. The van der Waals surface area contributed by atoms with Gasteiger partial charge < -0.3 is 15.4 Å². The van der Waals surface area contributed by atoms with Crippen LogP contribution in [-0.2, 0) is 6.61 Å². The molecule has 6 nitrogen and oxygen atoms in total. The number of hydrogen-bond acceptors (Lipinski definition) is 6. The molecular formula is C15H21ClN4O2S2. The number of carbonyl (C=O) groups is 1. The molecule has 0 bridgehead atoms. The van der Waals surface area contributed by atoms with Crippen molar-refractivity contribution in [2.24, 2.45) is 0 Å². The summed E-state index contributed by atoms with van der Waals surface area (Å²) in [5, 5.41) is 9.50. The van der Waals surface area contributed by atoms with Gasteiger partial charge in [0, 0.05) is 23.5 Å². The summed E-state index contributed by atoms with van der Waals surface area (Å²) in [6.07, 6.45) is 0.881. The van der Waals surface area contributed by atoms with Gasteiger partial charge in [0.25, 0.3) is 0 Å². The molecule has 0 aliphatic rings. The van der Waals surface area contributed by atoms with Crippen LogP contribution in [0, 0.1) is 0 Å². The predicted octanol–water partition coefficient (Wildman–Crippen LogP) is 3.95. The standard InChI is InChI=1S/C15H21ClN4O2S2/c1-10(2)17-6-3-7-18-15(21)19-14-8-13(20-24-14)22-9-11-4-5-12(16)23-11/h4-5,8,10,17H,3,6-7,9H2,1-2H3,(H2,18,19,21). The van der Waals surface area contributed by atoms with Crippen molar-refractivity contribution in [1.82, 2.24) is 15.0 Å². The van der Waals surface area contributed by atoms with E-state index in [0.717, 1.165) is 22.2 Å². The first-order valence-electron chi connectivity index (χ1n) is 7.65. The normalized spacial score (nSPS) is 10.8. The Morgan fingerprint density at radius 2 is 2.21 bits per heavy atom. The average Bonchev–Trinajstić information content (AvgIpc) is 3.13. The Hall–Kier alpha value is -1.35. The Bertz CT molecular complexity index is 645. The number of ether oxygens (including phenoxy) is 1. The van der Waals surface area contributed by atoms with E-state index in [-0.39, 0.29) is 6.03 Å². The van der Waals surface area contributed by atoms with Gasteiger partial charge in [0.1, 0.15) is 11.6 Å². The molecule has 0 aliphatic carbocycles. The van der Waals surface area contributed by atoms with E-state index in [4.69, 9.17) is 16.3 Å². The van der Waals surface area contributed by atoms with Crippen molar-refractivity contribution in [3.05, 3.63) is 27.4 Å². The fraction of sp³-hybridized carbons (Fsp3) is 0.467. The molecule has 0 aliphatic heterocycles. The zero-order chi connectivity index (χ0) is 17.4. The molecule has 0 fully saturated rings. The molecule has 3 N–H and O–H groups in total. The molecule has 132 valence electrons. The lowest BCUT2D eigenvalue weighted by atomic mass is 10.3. The van der Waals surface area contributed by atoms with Crippen molar-refractivity contribution in [3.8, 4) is 5.88 Å². The van der Waals surface area contributed by atoms with Crippen molar-refractivity contribution < 1.29 is 9.53 Å². The lowest BCUT2D eigenvalue weighted by Gasteiger charge is -2.08. The third-order valence-corrected chi connectivity index (χ3v) is 4.80. The van der Waals surface area contributed by atoms with E-state index in [9.17, 15) is 4.79 Å². The molecule has 2 aromatic rings. The molecule has 0 unspecified atom stereocenters. The molecule has 2 aromatic heterocycles. The van der Waals surface area contributed by atoms with E-state index in [1.54, 1.807) is 6.07 Å². The lowest BCUT2D eigenvalue weighted by Crippen LogP contribution is -2.32. The second-order valence-corrected chi connectivity index (χ2v) is 7.97. The van der Waals surface area contributed by atoms with Crippen LogP contribution in [0.3, 0.4) is 0 Å². The summed E-state index contributed by atoms with van der Waals surface area (Å²) in [5.74, 6) is 0.487. The lowest BCUT2D eigenvalue weighted by molar-refractivity contribution is 0.252. The molecule has 2 rings (SSSR count). The maximum atomic E-state index is 11.8. The highest BCUT2D eigenvalue weighted by atomic mass is 35.5. The van der Waals surface area contributed by atoms with Gasteiger partial charge in [-0.25, -0.2) is 4.79 Å². The minimum atomic E-state index is -0.236. The van der Waals surface area contributed by atoms with Gasteiger partial charge in [0.05, 0.1) is 4.34 Å². The van der Waals surface area contributed by atoms with Crippen molar-refractivity contribution >= 4 is 45.5 Å². The zero-order valence-corrected chi connectivity index (χ0v) is 16.0. The topological polar surface area (TPSA) is 75.3 Å². The van der Waals surface area contributed by atoms with E-state index < -0.39 is 0 Å². The number of urea groups is 1. The first-order valence-corrected chi connectivity index (χ1v) is 9.61. The van der Waals surface area contributed by atoms with Crippen LogP contribution in [-0.4, -0.2) is 29.5 Å². The Morgan fingerprint density at radius 1 is 1.38 bits per heavy atom. The Kier molecular flexibility index (Phi) is 7.77. The summed E-state index contributed by atoms with van der Waals surface area (Å²) in [6, 6.07) is 5.68. The number of aromatic nitrogens is 1. The molecular weight excluding hydrogens is 368 g/mol. The van der Waals surface area contributed by atoms with E-state index >= 15 is 0 Å². The van der Waals surface area contributed by atoms with Crippen LogP contribution >= 0.6 is 34.5 Å². The predicted molar refractivity (Wildman–Crippen MR) is 101 cm³/mol. The SMILES string of the molecule is CC(C)NCCCNC(=O)Nc1cc(OCc2ccc(Cl)s2)ns1. The minimum absolute atomic E-state index is 0.236. The fourth-order valence-electron chi connectivity index (χ4n) is 1.80. The average molecular weight is 389 g/mol. The third kappa shape index (κ3) is 7.04. The van der Waals surface area contributed by atoms with Crippen LogP contribution in [0.2, 0.25) is 4.34 Å². The molecule has 24 heavy (non-hydrogen) atoms. The number of amides is 2. The third-order valence-electron chi connectivity index (χ3n) is 2.91. The highest BCUT2D eigenvalue weighted by Crippen LogP contribution is 2.25. The van der Waals surface area contributed by atoms with Crippen LogP contribution in [0.1, 0.15) is 25.1 Å².